The Balaban J connectivity index is 1.54. The first-order valence-corrected chi connectivity index (χ1v) is 9.57. The van der Waals surface area contributed by atoms with Crippen molar-refractivity contribution in [3.63, 3.8) is 0 Å². The fourth-order valence-electron chi connectivity index (χ4n) is 3.09. The van der Waals surface area contributed by atoms with Gasteiger partial charge in [-0.15, -0.1) is 0 Å². The Labute approximate surface area is 165 Å². The second-order valence-electron chi connectivity index (χ2n) is 6.94. The summed E-state index contributed by atoms with van der Waals surface area (Å²) < 4.78 is 12.2. The summed E-state index contributed by atoms with van der Waals surface area (Å²) in [4.78, 5) is 4.58. The number of ether oxygens (including phenoxy) is 2. The molecule has 0 bridgehead atoms. The number of rotatable bonds is 7. The van der Waals surface area contributed by atoms with Crippen LogP contribution >= 0.6 is 0 Å². The van der Waals surface area contributed by atoms with E-state index < -0.39 is 0 Å². The summed E-state index contributed by atoms with van der Waals surface area (Å²) in [6.07, 6.45) is 0. The summed E-state index contributed by atoms with van der Waals surface area (Å²) in [6.45, 7) is 3.91. The molecular formula is C24H24N2O2. The Kier molecular flexibility index (Phi) is 5.57. The van der Waals surface area contributed by atoms with E-state index in [4.69, 9.17) is 9.47 Å². The smallest absolute Gasteiger partial charge is 0.162 e. The van der Waals surface area contributed by atoms with E-state index in [0.717, 1.165) is 40.6 Å². The van der Waals surface area contributed by atoms with E-state index in [-0.39, 0.29) is 0 Å². The highest BCUT2D eigenvalue weighted by atomic mass is 16.5. The van der Waals surface area contributed by atoms with Gasteiger partial charge >= 0.3 is 0 Å². The molecule has 3 aromatic carbocycles. The number of hydrogen-bond acceptors (Lipinski definition) is 4. The van der Waals surface area contributed by atoms with Crippen LogP contribution in [-0.2, 0) is 13.2 Å². The normalized spacial score (nSPS) is 15.6. The molecule has 0 saturated carbocycles. The topological polar surface area (TPSA) is 42.9 Å². The van der Waals surface area contributed by atoms with Crippen LogP contribution in [0, 0.1) is 0 Å². The Morgan fingerprint density at radius 2 is 1.43 bits per heavy atom. The first-order valence-electron chi connectivity index (χ1n) is 9.57. The fourth-order valence-corrected chi connectivity index (χ4v) is 3.09. The van der Waals surface area contributed by atoms with Crippen molar-refractivity contribution < 1.29 is 9.47 Å². The third kappa shape index (κ3) is 4.52. The number of benzene rings is 3. The lowest BCUT2D eigenvalue weighted by atomic mass is 10.1. The van der Waals surface area contributed by atoms with E-state index in [1.807, 2.05) is 54.6 Å². The standard InChI is InChI=1S/C24H24N2O2/c1-18-15-25-24(26-18)21-12-13-22(27-16-19-8-4-2-5-9-19)23(14-21)28-17-20-10-6-3-7-11-20/h2-14,18H,15-17H2,1H3,(H,25,26). The molecule has 0 aromatic heterocycles. The van der Waals surface area contributed by atoms with Gasteiger partial charge in [-0.3, -0.25) is 4.99 Å². The van der Waals surface area contributed by atoms with Gasteiger partial charge in [0.1, 0.15) is 19.0 Å². The van der Waals surface area contributed by atoms with Crippen LogP contribution in [0.2, 0.25) is 0 Å². The van der Waals surface area contributed by atoms with E-state index in [9.17, 15) is 0 Å². The lowest BCUT2D eigenvalue weighted by molar-refractivity contribution is 0.256. The van der Waals surface area contributed by atoms with Gasteiger partial charge in [0, 0.05) is 11.6 Å². The minimum atomic E-state index is 0.359. The van der Waals surface area contributed by atoms with Crippen LogP contribution in [0.15, 0.2) is 83.9 Å². The number of nitrogens with one attached hydrogen (secondary N) is 1. The van der Waals surface area contributed by atoms with Crippen LogP contribution in [0.25, 0.3) is 0 Å². The van der Waals surface area contributed by atoms with Gasteiger partial charge in [-0.1, -0.05) is 60.7 Å². The first-order chi connectivity index (χ1) is 13.8. The zero-order valence-corrected chi connectivity index (χ0v) is 16.0. The molecule has 0 radical (unpaired) electrons. The van der Waals surface area contributed by atoms with Crippen molar-refractivity contribution in [2.45, 2.75) is 26.2 Å². The minimum Gasteiger partial charge on any atom is -0.485 e. The summed E-state index contributed by atoms with van der Waals surface area (Å²) in [5.74, 6) is 2.36. The number of nitrogens with zero attached hydrogens (tertiary/aromatic N) is 1. The van der Waals surface area contributed by atoms with E-state index in [1.54, 1.807) is 0 Å². The molecule has 1 unspecified atom stereocenters. The van der Waals surface area contributed by atoms with Gasteiger partial charge in [-0.2, -0.15) is 0 Å². The molecule has 4 nitrogen and oxygen atoms in total. The number of amidine groups is 1. The molecule has 1 heterocycles. The molecule has 142 valence electrons. The second kappa shape index (κ2) is 8.61. The molecule has 0 spiro atoms. The SMILES string of the molecule is CC1CN=C(c2ccc(OCc3ccccc3)c(OCc3ccccc3)c2)N1. The third-order valence-electron chi connectivity index (χ3n) is 4.60. The van der Waals surface area contributed by atoms with Gasteiger partial charge in [0.05, 0.1) is 6.54 Å². The number of hydrogen-bond donors (Lipinski definition) is 1. The van der Waals surface area contributed by atoms with Crippen molar-refractivity contribution in [2.24, 2.45) is 4.99 Å². The van der Waals surface area contributed by atoms with Crippen molar-refractivity contribution in [3.05, 3.63) is 95.6 Å². The van der Waals surface area contributed by atoms with Crippen LogP contribution in [-0.4, -0.2) is 18.4 Å². The highest BCUT2D eigenvalue weighted by Crippen LogP contribution is 2.30. The molecule has 0 aliphatic carbocycles. The monoisotopic (exact) mass is 372 g/mol. The lowest BCUT2D eigenvalue weighted by Gasteiger charge is -2.15. The van der Waals surface area contributed by atoms with Gasteiger partial charge in [-0.05, 0) is 36.2 Å². The molecule has 3 aromatic rings. The highest BCUT2D eigenvalue weighted by Gasteiger charge is 2.16. The van der Waals surface area contributed by atoms with Crippen molar-refractivity contribution in [1.82, 2.24) is 5.32 Å². The molecule has 4 heteroatoms. The summed E-state index contributed by atoms with van der Waals surface area (Å²) in [6, 6.07) is 26.6. The number of aliphatic imine (C=N–C) groups is 1. The molecule has 1 aliphatic rings. The Bertz CT molecular complexity index is 939. The molecule has 0 saturated heterocycles. The second-order valence-corrected chi connectivity index (χ2v) is 6.94. The Morgan fingerprint density at radius 1 is 0.821 bits per heavy atom. The van der Waals surface area contributed by atoms with Gasteiger partial charge in [0.25, 0.3) is 0 Å². The third-order valence-corrected chi connectivity index (χ3v) is 4.60. The quantitative estimate of drug-likeness (QED) is 0.660. The maximum absolute atomic E-state index is 6.13. The Morgan fingerprint density at radius 3 is 2.00 bits per heavy atom. The molecule has 1 aliphatic heterocycles. The van der Waals surface area contributed by atoms with Crippen molar-refractivity contribution in [2.75, 3.05) is 6.54 Å². The van der Waals surface area contributed by atoms with Crippen LogP contribution in [0.4, 0.5) is 0 Å². The molecular weight excluding hydrogens is 348 g/mol. The van der Waals surface area contributed by atoms with E-state index in [0.29, 0.717) is 19.3 Å². The summed E-state index contributed by atoms with van der Waals surface area (Å²) in [5.41, 5.74) is 3.25. The molecule has 0 amide bonds. The van der Waals surface area contributed by atoms with Crippen LogP contribution in [0.3, 0.4) is 0 Å². The molecule has 0 fully saturated rings. The maximum atomic E-state index is 6.13. The fraction of sp³-hybridized carbons (Fsp3) is 0.208. The molecule has 28 heavy (non-hydrogen) atoms. The van der Waals surface area contributed by atoms with Gasteiger partial charge in [0.15, 0.2) is 11.5 Å². The predicted octanol–water partition coefficient (Wildman–Crippen LogP) is 4.58. The largest absolute Gasteiger partial charge is 0.485 e. The van der Waals surface area contributed by atoms with Crippen LogP contribution < -0.4 is 14.8 Å². The average Bonchev–Trinajstić information content (AvgIpc) is 3.19. The van der Waals surface area contributed by atoms with E-state index >= 15 is 0 Å². The summed E-state index contributed by atoms with van der Waals surface area (Å²) in [7, 11) is 0. The van der Waals surface area contributed by atoms with E-state index in [2.05, 4.69) is 41.5 Å². The lowest BCUT2D eigenvalue weighted by Crippen LogP contribution is -2.27. The van der Waals surface area contributed by atoms with Gasteiger partial charge < -0.3 is 14.8 Å². The molecule has 1 atom stereocenters. The zero-order valence-electron chi connectivity index (χ0n) is 16.0. The average molecular weight is 372 g/mol. The van der Waals surface area contributed by atoms with Crippen LogP contribution in [0.5, 0.6) is 11.5 Å². The first kappa shape index (κ1) is 18.1. The molecule has 4 rings (SSSR count). The van der Waals surface area contributed by atoms with Crippen molar-refractivity contribution in [3.8, 4) is 11.5 Å². The van der Waals surface area contributed by atoms with Gasteiger partial charge in [-0.25, -0.2) is 0 Å². The van der Waals surface area contributed by atoms with Crippen molar-refractivity contribution in [1.29, 1.82) is 0 Å². The van der Waals surface area contributed by atoms with E-state index in [1.165, 1.54) is 0 Å². The summed E-state index contributed by atoms with van der Waals surface area (Å²) >= 11 is 0. The van der Waals surface area contributed by atoms with Crippen LogP contribution in [0.1, 0.15) is 23.6 Å². The van der Waals surface area contributed by atoms with Crippen molar-refractivity contribution >= 4 is 5.84 Å². The maximum Gasteiger partial charge on any atom is 0.162 e. The summed E-state index contributed by atoms with van der Waals surface area (Å²) in [5, 5.41) is 3.40. The zero-order chi connectivity index (χ0) is 19.2. The molecule has 1 N–H and O–H groups in total. The predicted molar refractivity (Wildman–Crippen MR) is 112 cm³/mol. The Hall–Kier alpha value is -3.27. The van der Waals surface area contributed by atoms with Gasteiger partial charge in [0.2, 0.25) is 0 Å². The highest BCUT2D eigenvalue weighted by molar-refractivity contribution is 6.00. The minimum absolute atomic E-state index is 0.359.